The van der Waals surface area contributed by atoms with Crippen molar-refractivity contribution in [3.63, 3.8) is 0 Å². The van der Waals surface area contributed by atoms with Gasteiger partial charge in [0.1, 0.15) is 5.52 Å². The number of nitrogens with zero attached hydrogens (tertiary/aromatic N) is 4. The fraction of sp³-hybridized carbons (Fsp3) is 0.400. The van der Waals surface area contributed by atoms with Gasteiger partial charge in [-0.25, -0.2) is 9.50 Å². The van der Waals surface area contributed by atoms with E-state index < -0.39 is 0 Å². The molecule has 0 spiro atoms. The van der Waals surface area contributed by atoms with Crippen LogP contribution in [0.25, 0.3) is 16.7 Å². The van der Waals surface area contributed by atoms with Gasteiger partial charge in [0.15, 0.2) is 0 Å². The van der Waals surface area contributed by atoms with Gasteiger partial charge >= 0.3 is 0 Å². The quantitative estimate of drug-likeness (QED) is 0.579. The largest absolute Gasteiger partial charge is 0.378 e. The summed E-state index contributed by atoms with van der Waals surface area (Å²) in [6, 6.07) is 2.16. The second-order valence-electron chi connectivity index (χ2n) is 3.91. The zero-order valence-corrected chi connectivity index (χ0v) is 8.18. The highest BCUT2D eigenvalue weighted by atomic mass is 16.5. The van der Waals surface area contributed by atoms with Crippen molar-refractivity contribution < 1.29 is 4.74 Å². The summed E-state index contributed by atoms with van der Waals surface area (Å²) in [7, 11) is 0. The number of morpholine rings is 1. The summed E-state index contributed by atoms with van der Waals surface area (Å²) in [5.74, 6) is 0. The predicted octanol–water partition coefficient (Wildman–Crippen LogP) is 0.595. The van der Waals surface area contributed by atoms with Crippen molar-refractivity contribution >= 4 is 22.4 Å². The molecule has 15 heavy (non-hydrogen) atoms. The van der Waals surface area contributed by atoms with Crippen molar-refractivity contribution in [2.75, 3.05) is 31.2 Å². The van der Waals surface area contributed by atoms with E-state index in [1.165, 1.54) is 5.69 Å². The Morgan fingerprint density at radius 1 is 1.27 bits per heavy atom. The average molecular weight is 202 g/mol. The smallest absolute Gasteiger partial charge is 0.201 e. The van der Waals surface area contributed by atoms with Gasteiger partial charge in [-0.05, 0) is 6.07 Å². The number of hydrogen-bond acceptors (Lipinski definition) is 4. The van der Waals surface area contributed by atoms with Gasteiger partial charge in [-0.15, -0.1) is 5.10 Å². The number of hydrogen-bond donors (Lipinski definition) is 0. The Labute approximate surface area is 85.9 Å². The van der Waals surface area contributed by atoms with Crippen LogP contribution in [0, 0.1) is 0 Å². The Morgan fingerprint density at radius 2 is 2.13 bits per heavy atom. The van der Waals surface area contributed by atoms with Crippen LogP contribution in [0.1, 0.15) is 0 Å². The van der Waals surface area contributed by atoms with Gasteiger partial charge < -0.3 is 9.64 Å². The lowest BCUT2D eigenvalue weighted by atomic mass is 10.3. The lowest BCUT2D eigenvalue weighted by molar-refractivity contribution is 0.122. The number of fused-ring (bicyclic) bond motifs is 3. The molecule has 5 heteroatoms. The molecule has 5 nitrogen and oxygen atoms in total. The molecule has 1 saturated heterocycles. The minimum Gasteiger partial charge on any atom is -0.378 e. The molecule has 3 aromatic heterocycles. The van der Waals surface area contributed by atoms with Crippen LogP contribution in [0.5, 0.6) is 0 Å². The summed E-state index contributed by atoms with van der Waals surface area (Å²) in [6.07, 6.45) is 2.07. The Bertz CT molecular complexity index is 583. The third-order valence-electron chi connectivity index (χ3n) is 2.99. The summed E-state index contributed by atoms with van der Waals surface area (Å²) in [5.41, 5.74) is 4.32. The number of anilines is 1. The summed E-state index contributed by atoms with van der Waals surface area (Å²) in [4.78, 5) is 6.49. The van der Waals surface area contributed by atoms with E-state index in [0.29, 0.717) is 0 Å². The van der Waals surface area contributed by atoms with Gasteiger partial charge in [-0.3, -0.25) is 0 Å². The second-order valence-corrected chi connectivity index (χ2v) is 3.91. The number of aromatic nitrogens is 3. The topological polar surface area (TPSA) is 42.7 Å². The van der Waals surface area contributed by atoms with Crippen LogP contribution in [0.4, 0.5) is 5.69 Å². The summed E-state index contributed by atoms with van der Waals surface area (Å²) in [5, 5.41) is 4.31. The average Bonchev–Trinajstić information content (AvgIpc) is 2.78. The van der Waals surface area contributed by atoms with E-state index in [4.69, 9.17) is 4.74 Å². The predicted molar refractivity (Wildman–Crippen MR) is 55.9 cm³/mol. The lowest BCUT2D eigenvalue weighted by Gasteiger charge is -2.27. The van der Waals surface area contributed by atoms with Gasteiger partial charge in [-0.2, -0.15) is 0 Å². The number of ether oxygens (including phenoxy) is 1. The molecule has 0 atom stereocenters. The first-order chi connectivity index (χ1) is 7.42. The van der Waals surface area contributed by atoms with Crippen LogP contribution in [0.15, 0.2) is 12.3 Å². The van der Waals surface area contributed by atoms with E-state index >= 15 is 0 Å². The maximum absolute atomic E-state index is 5.33. The summed E-state index contributed by atoms with van der Waals surface area (Å²) >= 11 is 0. The van der Waals surface area contributed by atoms with Gasteiger partial charge in [0.25, 0.3) is 0 Å². The van der Waals surface area contributed by atoms with Crippen molar-refractivity contribution in [3.8, 4) is 0 Å². The minimum atomic E-state index is 0.815. The zero-order chi connectivity index (χ0) is 9.83. The van der Waals surface area contributed by atoms with E-state index in [1.807, 2.05) is 4.52 Å². The molecule has 0 radical (unpaired) electrons. The summed E-state index contributed by atoms with van der Waals surface area (Å²) in [6.45, 7) is 3.56. The molecule has 0 saturated carbocycles. The minimum absolute atomic E-state index is 0.815. The van der Waals surface area contributed by atoms with Crippen molar-refractivity contribution in [1.29, 1.82) is 0 Å². The lowest BCUT2D eigenvalue weighted by Crippen LogP contribution is -2.35. The number of rotatable bonds is 1. The molecule has 0 aromatic carbocycles. The van der Waals surface area contributed by atoms with Crippen LogP contribution in [-0.4, -0.2) is 40.9 Å². The third-order valence-corrected chi connectivity index (χ3v) is 2.99. The molecule has 0 N–H and O–H groups in total. The zero-order valence-electron chi connectivity index (χ0n) is 8.18. The molecule has 1 aliphatic heterocycles. The maximum atomic E-state index is 5.33. The van der Waals surface area contributed by atoms with Crippen LogP contribution >= 0.6 is 0 Å². The SMILES string of the molecule is c1c(N2CCOCC2)cn2nc3nc3c12. The molecule has 1 aliphatic rings. The van der Waals surface area contributed by atoms with E-state index in [0.717, 1.165) is 43.0 Å². The van der Waals surface area contributed by atoms with E-state index in [2.05, 4.69) is 27.2 Å². The second kappa shape index (κ2) is 2.49. The Kier molecular flexibility index (Phi) is 1.27. The van der Waals surface area contributed by atoms with Crippen molar-refractivity contribution in [3.05, 3.63) is 12.3 Å². The van der Waals surface area contributed by atoms with E-state index in [1.54, 1.807) is 0 Å². The molecule has 76 valence electrons. The highest BCUT2D eigenvalue weighted by Gasteiger charge is 2.19. The molecule has 4 heterocycles. The fourth-order valence-electron chi connectivity index (χ4n) is 2.11. The van der Waals surface area contributed by atoms with Gasteiger partial charge in [0.05, 0.1) is 30.6 Å². The van der Waals surface area contributed by atoms with Crippen LogP contribution < -0.4 is 4.90 Å². The van der Waals surface area contributed by atoms with Crippen LogP contribution in [0.2, 0.25) is 0 Å². The van der Waals surface area contributed by atoms with Crippen LogP contribution in [-0.2, 0) is 4.74 Å². The molecular formula is C10H10N4O. The van der Waals surface area contributed by atoms with Crippen molar-refractivity contribution in [1.82, 2.24) is 14.6 Å². The highest BCUT2D eigenvalue weighted by Crippen LogP contribution is 2.28. The molecule has 0 aliphatic carbocycles. The normalized spacial score (nSPS) is 18.5. The summed E-state index contributed by atoms with van der Waals surface area (Å²) < 4.78 is 7.25. The van der Waals surface area contributed by atoms with Gasteiger partial charge in [0.2, 0.25) is 5.65 Å². The molecule has 3 aromatic rings. The van der Waals surface area contributed by atoms with Crippen molar-refractivity contribution in [2.45, 2.75) is 0 Å². The van der Waals surface area contributed by atoms with Crippen molar-refractivity contribution in [2.24, 2.45) is 0 Å². The molecule has 0 amide bonds. The van der Waals surface area contributed by atoms with E-state index in [9.17, 15) is 0 Å². The first-order valence-corrected chi connectivity index (χ1v) is 5.15. The molecular weight excluding hydrogens is 192 g/mol. The van der Waals surface area contributed by atoms with Crippen LogP contribution in [0.3, 0.4) is 0 Å². The standard InChI is InChI=1S/C10H10N4O/c1-3-15-4-2-13(1)7-5-8-9-10(11-9)12-14(8)6-7/h5-6H,1-4H2. The third kappa shape index (κ3) is 1.01. The Hall–Kier alpha value is -1.62. The maximum Gasteiger partial charge on any atom is 0.201 e. The fourth-order valence-corrected chi connectivity index (χ4v) is 2.11. The highest BCUT2D eigenvalue weighted by molar-refractivity contribution is 5.98. The van der Waals surface area contributed by atoms with Gasteiger partial charge in [-0.1, -0.05) is 0 Å². The van der Waals surface area contributed by atoms with E-state index in [-0.39, 0.29) is 0 Å². The Morgan fingerprint density at radius 3 is 2.93 bits per heavy atom. The first-order valence-electron chi connectivity index (χ1n) is 5.15. The first kappa shape index (κ1) is 7.64. The molecule has 1 fully saturated rings. The Balaban J connectivity index is 1.77. The molecule has 0 unspecified atom stereocenters. The molecule has 4 rings (SSSR count). The van der Waals surface area contributed by atoms with Gasteiger partial charge in [0, 0.05) is 13.1 Å². The molecule has 0 bridgehead atoms. The monoisotopic (exact) mass is 202 g/mol.